The second-order valence-electron chi connectivity index (χ2n) is 5.50. The molecule has 0 unspecified atom stereocenters. The number of esters is 1. The summed E-state index contributed by atoms with van der Waals surface area (Å²) in [7, 11) is 1.53. The van der Waals surface area contributed by atoms with Gasteiger partial charge in [0.1, 0.15) is 6.61 Å². The van der Waals surface area contributed by atoms with Crippen LogP contribution in [-0.4, -0.2) is 29.1 Å². The number of hydrogen-bond acceptors (Lipinski definition) is 7. The molecule has 0 saturated carbocycles. The van der Waals surface area contributed by atoms with Crippen LogP contribution in [0.1, 0.15) is 18.2 Å². The Kier molecular flexibility index (Phi) is 5.87. The van der Waals surface area contributed by atoms with Gasteiger partial charge in [0.2, 0.25) is 0 Å². The fraction of sp³-hybridized carbons (Fsp3) is 0.211. The van der Waals surface area contributed by atoms with Crippen LogP contribution in [0.4, 0.5) is 0 Å². The van der Waals surface area contributed by atoms with E-state index in [1.54, 1.807) is 17.6 Å². The van der Waals surface area contributed by atoms with Crippen LogP contribution in [0.25, 0.3) is 11.0 Å². The SMILES string of the molecule is C/C=C/c1ccc(OCC(=O)OCc2cc(=O)n3ccsc3n2)c(OC)c1. The molecule has 140 valence electrons. The van der Waals surface area contributed by atoms with Crippen molar-refractivity contribution < 1.29 is 19.0 Å². The molecule has 0 fully saturated rings. The highest BCUT2D eigenvalue weighted by Crippen LogP contribution is 2.28. The van der Waals surface area contributed by atoms with Gasteiger partial charge in [-0.3, -0.25) is 9.20 Å². The Morgan fingerprint density at radius 3 is 2.93 bits per heavy atom. The number of fused-ring (bicyclic) bond motifs is 1. The molecule has 0 N–H and O–H groups in total. The molecule has 0 saturated heterocycles. The maximum atomic E-state index is 11.9. The first-order valence-corrected chi connectivity index (χ1v) is 9.03. The number of carbonyl (C=O) groups excluding carboxylic acids is 1. The standard InChI is InChI=1S/C19H18N2O5S/c1-3-4-13-5-6-15(16(9-13)24-2)25-12-18(23)26-11-14-10-17(22)21-7-8-27-19(21)20-14/h3-10H,11-12H2,1-2H3/b4-3+. The zero-order valence-corrected chi connectivity index (χ0v) is 15.7. The first kappa shape index (κ1) is 18.7. The highest BCUT2D eigenvalue weighted by Gasteiger charge is 2.11. The third-order valence-corrected chi connectivity index (χ3v) is 4.39. The summed E-state index contributed by atoms with van der Waals surface area (Å²) in [5.41, 5.74) is 1.14. The van der Waals surface area contributed by atoms with E-state index in [1.165, 1.54) is 28.9 Å². The van der Waals surface area contributed by atoms with Gasteiger partial charge in [-0.2, -0.15) is 0 Å². The van der Waals surface area contributed by atoms with Crippen molar-refractivity contribution in [1.29, 1.82) is 0 Å². The van der Waals surface area contributed by atoms with Crippen LogP contribution >= 0.6 is 11.3 Å². The fourth-order valence-electron chi connectivity index (χ4n) is 2.39. The van der Waals surface area contributed by atoms with Crippen LogP contribution in [0.5, 0.6) is 11.5 Å². The lowest BCUT2D eigenvalue weighted by Gasteiger charge is -2.11. The second-order valence-corrected chi connectivity index (χ2v) is 6.37. The van der Waals surface area contributed by atoms with Crippen LogP contribution in [0.2, 0.25) is 0 Å². The summed E-state index contributed by atoms with van der Waals surface area (Å²) in [5.74, 6) is 0.401. The van der Waals surface area contributed by atoms with Crippen molar-refractivity contribution in [2.24, 2.45) is 0 Å². The van der Waals surface area contributed by atoms with Crippen LogP contribution < -0.4 is 15.0 Å². The number of aromatic nitrogens is 2. The molecule has 3 rings (SSSR count). The number of carbonyl (C=O) groups is 1. The molecule has 2 aromatic heterocycles. The number of nitrogens with zero attached hydrogens (tertiary/aromatic N) is 2. The predicted molar refractivity (Wildman–Crippen MR) is 102 cm³/mol. The largest absolute Gasteiger partial charge is 0.493 e. The summed E-state index contributed by atoms with van der Waals surface area (Å²) in [6.45, 7) is 1.55. The maximum Gasteiger partial charge on any atom is 0.344 e. The van der Waals surface area contributed by atoms with E-state index >= 15 is 0 Å². The molecule has 0 spiro atoms. The third kappa shape index (κ3) is 4.53. The summed E-state index contributed by atoms with van der Waals surface area (Å²) in [6.07, 6.45) is 5.49. The first-order chi connectivity index (χ1) is 13.1. The van der Waals surface area contributed by atoms with E-state index in [9.17, 15) is 9.59 Å². The smallest absolute Gasteiger partial charge is 0.344 e. The third-order valence-electron chi connectivity index (χ3n) is 3.63. The lowest BCUT2D eigenvalue weighted by atomic mass is 10.2. The fourth-order valence-corrected chi connectivity index (χ4v) is 3.13. The Labute approximate surface area is 159 Å². The van der Waals surface area contributed by atoms with E-state index in [0.717, 1.165) is 5.56 Å². The number of ether oxygens (including phenoxy) is 3. The molecule has 0 aliphatic rings. The van der Waals surface area contributed by atoms with Gasteiger partial charge in [-0.05, 0) is 24.6 Å². The molecule has 0 radical (unpaired) electrons. The molecule has 0 aliphatic carbocycles. The van der Waals surface area contributed by atoms with E-state index in [2.05, 4.69) is 4.98 Å². The number of methoxy groups -OCH3 is 1. The Bertz CT molecular complexity index is 1040. The highest BCUT2D eigenvalue weighted by molar-refractivity contribution is 7.15. The van der Waals surface area contributed by atoms with Crippen molar-refractivity contribution in [2.75, 3.05) is 13.7 Å². The summed E-state index contributed by atoms with van der Waals surface area (Å²) < 4.78 is 17.3. The molecule has 3 aromatic rings. The van der Waals surface area contributed by atoms with E-state index in [-0.39, 0.29) is 18.8 Å². The molecule has 1 aromatic carbocycles. The monoisotopic (exact) mass is 386 g/mol. The van der Waals surface area contributed by atoms with Gasteiger partial charge in [-0.1, -0.05) is 18.2 Å². The molecule has 0 bridgehead atoms. The van der Waals surface area contributed by atoms with Gasteiger partial charge in [0.15, 0.2) is 23.1 Å². The Morgan fingerprint density at radius 1 is 1.30 bits per heavy atom. The minimum Gasteiger partial charge on any atom is -0.493 e. The molecule has 0 aliphatic heterocycles. The lowest BCUT2D eigenvalue weighted by Crippen LogP contribution is -2.17. The van der Waals surface area contributed by atoms with Gasteiger partial charge in [0.05, 0.1) is 12.8 Å². The molecule has 2 heterocycles. The van der Waals surface area contributed by atoms with Gasteiger partial charge in [-0.25, -0.2) is 9.78 Å². The van der Waals surface area contributed by atoms with Gasteiger partial charge >= 0.3 is 5.97 Å². The maximum absolute atomic E-state index is 11.9. The summed E-state index contributed by atoms with van der Waals surface area (Å²) in [4.78, 5) is 28.7. The minimum absolute atomic E-state index is 0.0940. The van der Waals surface area contributed by atoms with Crippen molar-refractivity contribution in [2.45, 2.75) is 13.5 Å². The average Bonchev–Trinajstić information content (AvgIpc) is 3.14. The van der Waals surface area contributed by atoms with Gasteiger partial charge in [0.25, 0.3) is 5.56 Å². The quantitative estimate of drug-likeness (QED) is 0.581. The van der Waals surface area contributed by atoms with Crippen molar-refractivity contribution in [1.82, 2.24) is 9.38 Å². The summed E-state index contributed by atoms with van der Waals surface area (Å²) in [5, 5.41) is 1.77. The first-order valence-electron chi connectivity index (χ1n) is 8.15. The van der Waals surface area contributed by atoms with Gasteiger partial charge in [-0.15, -0.1) is 11.3 Å². The van der Waals surface area contributed by atoms with Crippen LogP contribution in [-0.2, 0) is 16.1 Å². The Morgan fingerprint density at radius 2 is 2.15 bits per heavy atom. The van der Waals surface area contributed by atoms with Crippen molar-refractivity contribution >= 4 is 28.3 Å². The number of thiazole rings is 1. The lowest BCUT2D eigenvalue weighted by molar-refractivity contribution is -0.147. The minimum atomic E-state index is -0.567. The Balaban J connectivity index is 1.58. The van der Waals surface area contributed by atoms with Crippen molar-refractivity contribution in [3.63, 3.8) is 0 Å². The predicted octanol–water partition coefficient (Wildman–Crippen LogP) is 2.92. The average molecular weight is 386 g/mol. The second kappa shape index (κ2) is 8.50. The zero-order chi connectivity index (χ0) is 19.2. The van der Waals surface area contributed by atoms with E-state index in [1.807, 2.05) is 31.2 Å². The molecule has 27 heavy (non-hydrogen) atoms. The summed E-state index contributed by atoms with van der Waals surface area (Å²) in [6, 6.07) is 6.75. The van der Waals surface area contributed by atoms with Crippen LogP contribution in [0.3, 0.4) is 0 Å². The molecule has 0 amide bonds. The number of benzene rings is 1. The van der Waals surface area contributed by atoms with E-state index in [0.29, 0.717) is 22.2 Å². The normalized spacial score (nSPS) is 11.0. The van der Waals surface area contributed by atoms with Crippen LogP contribution in [0, 0.1) is 0 Å². The van der Waals surface area contributed by atoms with E-state index < -0.39 is 5.97 Å². The van der Waals surface area contributed by atoms with Crippen LogP contribution in [0.15, 0.2) is 46.7 Å². The molecule has 0 atom stereocenters. The van der Waals surface area contributed by atoms with Gasteiger partial charge in [0, 0.05) is 17.6 Å². The molecule has 7 nitrogen and oxygen atoms in total. The van der Waals surface area contributed by atoms with E-state index in [4.69, 9.17) is 14.2 Å². The number of allylic oxidation sites excluding steroid dienone is 1. The zero-order valence-electron chi connectivity index (χ0n) is 14.9. The number of rotatable bonds is 7. The topological polar surface area (TPSA) is 79.1 Å². The molecular weight excluding hydrogens is 368 g/mol. The molecular formula is C19H18N2O5S. The summed E-state index contributed by atoms with van der Waals surface area (Å²) >= 11 is 1.33. The van der Waals surface area contributed by atoms with Gasteiger partial charge < -0.3 is 14.2 Å². The van der Waals surface area contributed by atoms with Crippen molar-refractivity contribution in [3.05, 3.63) is 63.5 Å². The Hall–Kier alpha value is -3.13. The number of hydrogen-bond donors (Lipinski definition) is 0. The highest BCUT2D eigenvalue weighted by atomic mass is 32.1. The van der Waals surface area contributed by atoms with Crippen molar-refractivity contribution in [3.8, 4) is 11.5 Å². The molecule has 8 heteroatoms.